The molecule has 4 aliphatic carbocycles. The molecule has 4 aliphatic rings. The molecule has 0 radical (unpaired) electrons. The van der Waals surface area contributed by atoms with Crippen molar-refractivity contribution < 1.29 is 19.4 Å². The van der Waals surface area contributed by atoms with E-state index in [4.69, 9.17) is 4.74 Å². The number of anilines is 1. The maximum atomic E-state index is 13.1. The zero-order valence-corrected chi connectivity index (χ0v) is 13.9. The Bertz CT molecular complexity index is 661. The first kappa shape index (κ1) is 15.5. The van der Waals surface area contributed by atoms with E-state index in [0.717, 1.165) is 19.3 Å². The minimum Gasteiger partial charge on any atom is -0.494 e. The predicted octanol–water partition coefficient (Wildman–Crippen LogP) is 3.55. The van der Waals surface area contributed by atoms with Crippen LogP contribution in [-0.2, 0) is 4.79 Å². The van der Waals surface area contributed by atoms with Crippen molar-refractivity contribution in [3.05, 3.63) is 23.8 Å². The molecular weight excluding hydrogens is 306 g/mol. The fourth-order valence-corrected chi connectivity index (χ4v) is 5.67. The Labute approximate surface area is 141 Å². The number of nitrogens with one attached hydrogen (secondary N) is 1. The Kier molecular flexibility index (Phi) is 3.55. The van der Waals surface area contributed by atoms with Crippen molar-refractivity contribution in [2.24, 2.45) is 23.2 Å². The van der Waals surface area contributed by atoms with E-state index in [2.05, 4.69) is 5.32 Å². The summed E-state index contributed by atoms with van der Waals surface area (Å²) in [5.74, 6) is 1.28. The lowest BCUT2D eigenvalue weighted by Crippen LogP contribution is -2.51. The van der Waals surface area contributed by atoms with Gasteiger partial charge in [0.2, 0.25) is 5.91 Å². The summed E-state index contributed by atoms with van der Waals surface area (Å²) in [7, 11) is 1.43. The number of methoxy groups -OCH3 is 1. The summed E-state index contributed by atoms with van der Waals surface area (Å²) in [5, 5.41) is 12.3. The van der Waals surface area contributed by atoms with Crippen molar-refractivity contribution in [1.82, 2.24) is 0 Å². The zero-order chi connectivity index (χ0) is 16.9. The molecule has 0 aromatic heterocycles. The summed E-state index contributed by atoms with van der Waals surface area (Å²) in [5.41, 5.74) is 0.262. The lowest BCUT2D eigenvalue weighted by molar-refractivity contribution is -0.140. The van der Waals surface area contributed by atoms with Gasteiger partial charge in [-0.25, -0.2) is 4.79 Å². The van der Waals surface area contributed by atoms with Gasteiger partial charge in [-0.3, -0.25) is 4.79 Å². The highest BCUT2D eigenvalue weighted by molar-refractivity contribution is 6.00. The molecule has 24 heavy (non-hydrogen) atoms. The van der Waals surface area contributed by atoms with Crippen molar-refractivity contribution in [2.75, 3.05) is 12.4 Å². The Morgan fingerprint density at radius 1 is 1.12 bits per heavy atom. The van der Waals surface area contributed by atoms with Crippen LogP contribution in [0, 0.1) is 23.2 Å². The molecule has 5 heteroatoms. The summed E-state index contributed by atoms with van der Waals surface area (Å²) in [4.78, 5) is 24.4. The second kappa shape index (κ2) is 5.50. The number of benzene rings is 1. The number of rotatable bonds is 4. The van der Waals surface area contributed by atoms with Gasteiger partial charge in [0.15, 0.2) is 5.75 Å². The predicted molar refractivity (Wildman–Crippen MR) is 89.2 cm³/mol. The molecule has 1 aromatic rings. The van der Waals surface area contributed by atoms with Gasteiger partial charge in [0.25, 0.3) is 0 Å². The van der Waals surface area contributed by atoms with Gasteiger partial charge in [0.1, 0.15) is 5.56 Å². The summed E-state index contributed by atoms with van der Waals surface area (Å²) < 4.78 is 5.26. The largest absolute Gasteiger partial charge is 0.494 e. The first-order chi connectivity index (χ1) is 11.5. The molecule has 128 valence electrons. The zero-order valence-electron chi connectivity index (χ0n) is 13.9. The molecule has 0 heterocycles. The van der Waals surface area contributed by atoms with Gasteiger partial charge in [0, 0.05) is 0 Å². The molecule has 5 nitrogen and oxygen atoms in total. The van der Waals surface area contributed by atoms with Crippen molar-refractivity contribution >= 4 is 17.6 Å². The van der Waals surface area contributed by atoms with Crippen molar-refractivity contribution in [3.63, 3.8) is 0 Å². The average Bonchev–Trinajstić information content (AvgIpc) is 2.53. The first-order valence-corrected chi connectivity index (χ1v) is 8.72. The van der Waals surface area contributed by atoms with E-state index in [9.17, 15) is 14.7 Å². The van der Waals surface area contributed by atoms with Crippen LogP contribution >= 0.6 is 0 Å². The minimum atomic E-state index is -1.06. The monoisotopic (exact) mass is 329 g/mol. The molecule has 0 aliphatic heterocycles. The van der Waals surface area contributed by atoms with Crippen LogP contribution in [0.2, 0.25) is 0 Å². The molecule has 5 rings (SSSR count). The van der Waals surface area contributed by atoms with Crippen LogP contribution < -0.4 is 10.1 Å². The maximum absolute atomic E-state index is 13.1. The van der Waals surface area contributed by atoms with Crippen molar-refractivity contribution in [2.45, 2.75) is 38.5 Å². The smallest absolute Gasteiger partial charge is 0.339 e. The quantitative estimate of drug-likeness (QED) is 0.886. The van der Waals surface area contributed by atoms with E-state index in [1.807, 2.05) is 0 Å². The Morgan fingerprint density at radius 2 is 1.71 bits per heavy atom. The Hall–Kier alpha value is -2.04. The fourth-order valence-electron chi connectivity index (χ4n) is 5.67. The van der Waals surface area contributed by atoms with Gasteiger partial charge in [0.05, 0.1) is 18.2 Å². The molecule has 2 N–H and O–H groups in total. The summed E-state index contributed by atoms with van der Waals surface area (Å²) >= 11 is 0. The number of amides is 1. The minimum absolute atomic E-state index is 0.0439. The molecule has 1 aromatic carbocycles. The number of hydrogen-bond donors (Lipinski definition) is 2. The Balaban J connectivity index is 1.61. The molecular formula is C19H23NO4. The Morgan fingerprint density at radius 3 is 2.21 bits per heavy atom. The number of ether oxygens (including phenoxy) is 1. The molecule has 0 atom stereocenters. The molecule has 4 saturated carbocycles. The normalized spacial score (nSPS) is 33.3. The van der Waals surface area contributed by atoms with E-state index in [1.165, 1.54) is 32.4 Å². The SMILES string of the molecule is COc1c(NC(=O)C23CC4CC(CC(C4)C2)C3)cccc1C(=O)O. The number of carbonyl (C=O) groups is 2. The third-order valence-electron chi connectivity index (χ3n) is 6.22. The van der Waals surface area contributed by atoms with Gasteiger partial charge < -0.3 is 15.2 Å². The number of carboxylic acid groups (broad SMARTS) is 1. The van der Waals surface area contributed by atoms with Crippen LogP contribution in [0.25, 0.3) is 0 Å². The number of carbonyl (C=O) groups excluding carboxylic acids is 1. The summed E-state index contributed by atoms with van der Waals surface area (Å²) in [6.45, 7) is 0. The summed E-state index contributed by atoms with van der Waals surface area (Å²) in [6.07, 6.45) is 6.78. The average molecular weight is 329 g/mol. The number of hydrogen-bond acceptors (Lipinski definition) is 3. The van der Waals surface area contributed by atoms with Crippen LogP contribution in [0.5, 0.6) is 5.75 Å². The fraction of sp³-hybridized carbons (Fsp3) is 0.579. The topological polar surface area (TPSA) is 75.6 Å². The van der Waals surface area contributed by atoms with E-state index in [1.54, 1.807) is 12.1 Å². The molecule has 0 saturated heterocycles. The lowest BCUT2D eigenvalue weighted by atomic mass is 9.49. The van der Waals surface area contributed by atoms with E-state index >= 15 is 0 Å². The highest BCUT2D eigenvalue weighted by atomic mass is 16.5. The molecule has 0 spiro atoms. The standard InChI is InChI=1S/C19H23NO4/c1-24-16-14(17(21)22)3-2-4-15(16)20-18(23)19-8-11-5-12(9-19)7-13(6-11)10-19/h2-4,11-13H,5-10H2,1H3,(H,20,23)(H,21,22). The van der Waals surface area contributed by atoms with Crippen LogP contribution in [0.3, 0.4) is 0 Å². The van der Waals surface area contributed by atoms with Crippen LogP contribution in [-0.4, -0.2) is 24.1 Å². The summed E-state index contributed by atoms with van der Waals surface area (Å²) in [6, 6.07) is 4.84. The third-order valence-corrected chi connectivity index (χ3v) is 6.22. The van der Waals surface area contributed by atoms with Gasteiger partial charge in [-0.15, -0.1) is 0 Å². The van der Waals surface area contributed by atoms with E-state index < -0.39 is 5.97 Å². The lowest BCUT2D eigenvalue weighted by Gasteiger charge is -2.55. The molecule has 4 fully saturated rings. The van der Waals surface area contributed by atoms with Crippen molar-refractivity contribution in [3.8, 4) is 5.75 Å². The second-order valence-electron chi connectivity index (χ2n) is 7.84. The number of para-hydroxylation sites is 1. The van der Waals surface area contributed by atoms with Gasteiger partial charge in [-0.2, -0.15) is 0 Å². The molecule has 0 unspecified atom stereocenters. The van der Waals surface area contributed by atoms with E-state index in [0.29, 0.717) is 23.4 Å². The van der Waals surface area contributed by atoms with Crippen LogP contribution in [0.15, 0.2) is 18.2 Å². The highest BCUT2D eigenvalue weighted by Crippen LogP contribution is 2.60. The van der Waals surface area contributed by atoms with Gasteiger partial charge in [-0.05, 0) is 68.4 Å². The first-order valence-electron chi connectivity index (χ1n) is 8.72. The molecule has 4 bridgehead atoms. The van der Waals surface area contributed by atoms with E-state index in [-0.39, 0.29) is 22.6 Å². The third kappa shape index (κ3) is 2.38. The number of aromatic carboxylic acids is 1. The van der Waals surface area contributed by atoms with Gasteiger partial charge >= 0.3 is 5.97 Å². The highest BCUT2D eigenvalue weighted by Gasteiger charge is 2.54. The number of carboxylic acids is 1. The molecule has 1 amide bonds. The second-order valence-corrected chi connectivity index (χ2v) is 7.84. The van der Waals surface area contributed by atoms with Gasteiger partial charge in [-0.1, -0.05) is 6.07 Å². The van der Waals surface area contributed by atoms with Crippen molar-refractivity contribution in [1.29, 1.82) is 0 Å². The maximum Gasteiger partial charge on any atom is 0.339 e. The van der Waals surface area contributed by atoms with Crippen LogP contribution in [0.4, 0.5) is 5.69 Å². The van der Waals surface area contributed by atoms with Crippen LogP contribution in [0.1, 0.15) is 48.9 Å².